The molecule has 130 valence electrons. The molecule has 1 atom stereocenters. The molecule has 0 bridgehead atoms. The summed E-state index contributed by atoms with van der Waals surface area (Å²) in [6.07, 6.45) is 3.66. The lowest BCUT2D eigenvalue weighted by Crippen LogP contribution is -2.35. The topological polar surface area (TPSA) is 84.9 Å². The van der Waals surface area contributed by atoms with Crippen molar-refractivity contribution in [3.63, 3.8) is 0 Å². The first-order valence-electron chi connectivity index (χ1n) is 7.36. The van der Waals surface area contributed by atoms with E-state index >= 15 is 0 Å². The van der Waals surface area contributed by atoms with Crippen molar-refractivity contribution in [2.24, 2.45) is 0 Å². The van der Waals surface area contributed by atoms with Crippen molar-refractivity contribution in [1.82, 2.24) is 0 Å². The fourth-order valence-corrected chi connectivity index (χ4v) is 2.32. The molecule has 7 nitrogen and oxygen atoms in total. The summed E-state index contributed by atoms with van der Waals surface area (Å²) < 4.78 is 26.6. The average Bonchev–Trinajstić information content (AvgIpc) is 2.41. The minimum absolute atomic E-state index is 0.0749. The van der Waals surface area contributed by atoms with E-state index in [2.05, 4.69) is 6.58 Å². The lowest BCUT2D eigenvalue weighted by atomic mass is 10.2. The molecule has 0 aliphatic rings. The fourth-order valence-electron chi connectivity index (χ4n) is 1.54. The Bertz CT molecular complexity index is 380. The summed E-state index contributed by atoms with van der Waals surface area (Å²) in [5.74, 6) is -0.456. The Balaban J connectivity index is 3.57. The zero-order chi connectivity index (χ0) is 17.1. The minimum atomic E-state index is -4.21. The summed E-state index contributed by atoms with van der Waals surface area (Å²) in [6.45, 7) is 4.61. The SMILES string of the molecule is C=CC(=O)OCCCCCOP(=O)([O-])OCCC[N+](C)(C)C. The third kappa shape index (κ3) is 14.2. The van der Waals surface area contributed by atoms with E-state index in [4.69, 9.17) is 13.8 Å². The molecule has 0 fully saturated rings. The van der Waals surface area contributed by atoms with Crippen LogP contribution >= 0.6 is 7.82 Å². The lowest BCUT2D eigenvalue weighted by Gasteiger charge is -2.26. The van der Waals surface area contributed by atoms with E-state index in [1.807, 2.05) is 21.1 Å². The Morgan fingerprint density at radius 1 is 1.09 bits per heavy atom. The van der Waals surface area contributed by atoms with Crippen molar-refractivity contribution in [3.8, 4) is 0 Å². The van der Waals surface area contributed by atoms with Crippen LogP contribution in [0.25, 0.3) is 0 Å². The van der Waals surface area contributed by atoms with Crippen molar-refractivity contribution >= 4 is 13.8 Å². The number of rotatable bonds is 13. The first kappa shape index (κ1) is 21.3. The molecule has 22 heavy (non-hydrogen) atoms. The second-order valence-corrected chi connectivity index (χ2v) is 7.32. The van der Waals surface area contributed by atoms with Gasteiger partial charge in [-0.2, -0.15) is 0 Å². The molecule has 0 aliphatic carbocycles. The van der Waals surface area contributed by atoms with E-state index in [1.54, 1.807) is 0 Å². The van der Waals surface area contributed by atoms with Crippen molar-refractivity contribution in [1.29, 1.82) is 0 Å². The van der Waals surface area contributed by atoms with E-state index in [-0.39, 0.29) is 13.2 Å². The summed E-state index contributed by atoms with van der Waals surface area (Å²) in [6, 6.07) is 0. The number of phosphoric ester groups is 1. The summed E-state index contributed by atoms with van der Waals surface area (Å²) in [4.78, 5) is 22.2. The van der Waals surface area contributed by atoms with Crippen LogP contribution in [0.3, 0.4) is 0 Å². The molecule has 0 heterocycles. The lowest BCUT2D eigenvalue weighted by molar-refractivity contribution is -0.870. The molecular weight excluding hydrogens is 309 g/mol. The molecule has 8 heteroatoms. The number of unbranched alkanes of at least 4 members (excludes halogenated alkanes) is 2. The quantitative estimate of drug-likeness (QED) is 0.166. The van der Waals surface area contributed by atoms with Gasteiger partial charge in [-0.25, -0.2) is 4.79 Å². The van der Waals surface area contributed by atoms with Gasteiger partial charge in [0.2, 0.25) is 0 Å². The molecule has 0 aliphatic heterocycles. The monoisotopic (exact) mass is 337 g/mol. The van der Waals surface area contributed by atoms with Gasteiger partial charge in [-0.3, -0.25) is 4.57 Å². The molecule has 0 spiro atoms. The third-order valence-electron chi connectivity index (χ3n) is 2.67. The van der Waals surface area contributed by atoms with Gasteiger partial charge in [0.25, 0.3) is 7.82 Å². The van der Waals surface area contributed by atoms with Gasteiger partial charge in [-0.1, -0.05) is 6.58 Å². The van der Waals surface area contributed by atoms with Gasteiger partial charge >= 0.3 is 5.97 Å². The van der Waals surface area contributed by atoms with Gasteiger partial charge in [0, 0.05) is 12.5 Å². The summed E-state index contributed by atoms with van der Waals surface area (Å²) in [5, 5.41) is 0. The molecule has 0 aromatic heterocycles. The van der Waals surface area contributed by atoms with E-state index < -0.39 is 13.8 Å². The first-order valence-corrected chi connectivity index (χ1v) is 8.82. The fraction of sp³-hybridized carbons (Fsp3) is 0.786. The molecule has 0 rings (SSSR count). The third-order valence-corrected chi connectivity index (χ3v) is 3.67. The van der Waals surface area contributed by atoms with Gasteiger partial charge in [0.05, 0.1) is 47.5 Å². The molecule has 0 amide bonds. The zero-order valence-corrected chi connectivity index (χ0v) is 14.7. The highest BCUT2D eigenvalue weighted by Crippen LogP contribution is 2.38. The molecule has 0 aromatic rings. The number of hydrogen-bond donors (Lipinski definition) is 0. The van der Waals surface area contributed by atoms with Crippen LogP contribution < -0.4 is 4.89 Å². The molecule has 0 N–H and O–H groups in total. The van der Waals surface area contributed by atoms with Gasteiger partial charge in [-0.15, -0.1) is 0 Å². The Morgan fingerprint density at radius 2 is 1.64 bits per heavy atom. The van der Waals surface area contributed by atoms with Gasteiger partial charge in [0.15, 0.2) is 0 Å². The number of ether oxygens (including phenoxy) is 1. The van der Waals surface area contributed by atoms with Crippen LogP contribution in [0.15, 0.2) is 12.7 Å². The van der Waals surface area contributed by atoms with E-state index in [0.29, 0.717) is 32.3 Å². The molecular formula is C14H28NO6P. The maximum absolute atomic E-state index is 11.5. The Hall–Kier alpha value is -0.720. The second-order valence-electron chi connectivity index (χ2n) is 5.91. The van der Waals surface area contributed by atoms with Crippen LogP contribution in [0.1, 0.15) is 25.7 Å². The maximum atomic E-state index is 11.5. The predicted molar refractivity (Wildman–Crippen MR) is 82.0 cm³/mol. The van der Waals surface area contributed by atoms with Crippen LogP contribution in [-0.4, -0.2) is 58.0 Å². The Labute approximate surface area is 133 Å². The smallest absolute Gasteiger partial charge is 0.330 e. The van der Waals surface area contributed by atoms with Crippen molar-refractivity contribution < 1.29 is 32.5 Å². The van der Waals surface area contributed by atoms with E-state index in [0.717, 1.165) is 17.1 Å². The Kier molecular flexibility index (Phi) is 10.6. The Morgan fingerprint density at radius 3 is 2.18 bits per heavy atom. The normalized spacial score (nSPS) is 14.4. The molecule has 0 aromatic carbocycles. The highest BCUT2D eigenvalue weighted by atomic mass is 31.2. The molecule has 0 saturated heterocycles. The van der Waals surface area contributed by atoms with Crippen LogP contribution in [0.4, 0.5) is 0 Å². The number of quaternary nitrogens is 1. The van der Waals surface area contributed by atoms with E-state index in [1.165, 1.54) is 0 Å². The zero-order valence-electron chi connectivity index (χ0n) is 13.8. The predicted octanol–water partition coefficient (Wildman–Crippen LogP) is 1.48. The number of hydrogen-bond acceptors (Lipinski definition) is 6. The molecule has 1 unspecified atom stereocenters. The maximum Gasteiger partial charge on any atom is 0.330 e. The number of nitrogens with zero attached hydrogens (tertiary/aromatic N) is 1. The van der Waals surface area contributed by atoms with Crippen LogP contribution in [0.2, 0.25) is 0 Å². The van der Waals surface area contributed by atoms with Crippen LogP contribution in [0.5, 0.6) is 0 Å². The van der Waals surface area contributed by atoms with Crippen molar-refractivity contribution in [2.45, 2.75) is 25.7 Å². The minimum Gasteiger partial charge on any atom is -0.756 e. The van der Waals surface area contributed by atoms with Gasteiger partial charge < -0.3 is 23.2 Å². The molecule has 0 saturated carbocycles. The number of carbonyl (C=O) groups excluding carboxylic acids is 1. The average molecular weight is 337 g/mol. The highest BCUT2D eigenvalue weighted by molar-refractivity contribution is 7.45. The second kappa shape index (κ2) is 10.9. The summed E-state index contributed by atoms with van der Waals surface area (Å²) >= 11 is 0. The highest BCUT2D eigenvalue weighted by Gasteiger charge is 2.11. The first-order chi connectivity index (χ1) is 10.2. The standard InChI is InChI=1S/C14H28NO6P/c1-5-14(16)19-11-7-6-8-12-20-22(17,18)21-13-9-10-15(2,3)4/h5H,1,6-13H2,2-4H3. The van der Waals surface area contributed by atoms with Gasteiger partial charge in [-0.05, 0) is 19.3 Å². The van der Waals surface area contributed by atoms with E-state index in [9.17, 15) is 14.3 Å². The largest absolute Gasteiger partial charge is 0.756 e. The van der Waals surface area contributed by atoms with Gasteiger partial charge in [0.1, 0.15) is 0 Å². The number of carbonyl (C=O) groups is 1. The van der Waals surface area contributed by atoms with Crippen LogP contribution in [-0.2, 0) is 23.1 Å². The molecule has 0 radical (unpaired) electrons. The van der Waals surface area contributed by atoms with Crippen LogP contribution in [0, 0.1) is 0 Å². The number of phosphoric acid groups is 1. The summed E-state index contributed by atoms with van der Waals surface area (Å²) in [7, 11) is 1.88. The van der Waals surface area contributed by atoms with Crippen molar-refractivity contribution in [3.05, 3.63) is 12.7 Å². The van der Waals surface area contributed by atoms with Crippen molar-refractivity contribution in [2.75, 3.05) is 47.5 Å². The summed E-state index contributed by atoms with van der Waals surface area (Å²) in [5.41, 5.74) is 0. The number of esters is 1.